The van der Waals surface area contributed by atoms with Crippen molar-refractivity contribution < 1.29 is 15.0 Å². The van der Waals surface area contributed by atoms with Gasteiger partial charge in [0.25, 0.3) is 0 Å². The summed E-state index contributed by atoms with van der Waals surface area (Å²) < 4.78 is 0. The molecule has 2 rings (SSSR count). The molecule has 1 saturated heterocycles. The number of carbonyl (C=O) groups excluding carboxylic acids is 1. The molecule has 2 atom stereocenters. The van der Waals surface area contributed by atoms with Gasteiger partial charge in [0.2, 0.25) is 5.91 Å². The zero-order valence-corrected chi connectivity index (χ0v) is 8.21. The van der Waals surface area contributed by atoms with Crippen LogP contribution in [0.1, 0.15) is 12.0 Å². The molecule has 0 aromatic heterocycles. The SMILES string of the molecule is O=C1C[C@H](O)[C@H](O)N1Cc1ccccc1. The number of carbonyl (C=O) groups is 1. The second-order valence-electron chi connectivity index (χ2n) is 3.69. The van der Waals surface area contributed by atoms with Crippen LogP contribution in [0.15, 0.2) is 30.3 Å². The Labute approximate surface area is 87.8 Å². The second kappa shape index (κ2) is 4.00. The summed E-state index contributed by atoms with van der Waals surface area (Å²) in [5.74, 6) is -0.209. The van der Waals surface area contributed by atoms with E-state index in [0.29, 0.717) is 6.54 Å². The fourth-order valence-electron chi connectivity index (χ4n) is 1.72. The quantitative estimate of drug-likeness (QED) is 0.723. The first-order valence-electron chi connectivity index (χ1n) is 4.88. The zero-order valence-electron chi connectivity index (χ0n) is 8.21. The molecule has 1 aliphatic heterocycles. The van der Waals surface area contributed by atoms with Crippen molar-refractivity contribution in [3.63, 3.8) is 0 Å². The molecule has 0 unspecified atom stereocenters. The average Bonchev–Trinajstić information content (AvgIpc) is 2.47. The Morgan fingerprint density at radius 3 is 2.47 bits per heavy atom. The topological polar surface area (TPSA) is 60.8 Å². The van der Waals surface area contributed by atoms with Crippen LogP contribution in [0, 0.1) is 0 Å². The van der Waals surface area contributed by atoms with Gasteiger partial charge in [-0.05, 0) is 5.56 Å². The van der Waals surface area contributed by atoms with Gasteiger partial charge in [-0.25, -0.2) is 0 Å². The van der Waals surface area contributed by atoms with Gasteiger partial charge in [0.05, 0.1) is 6.42 Å². The van der Waals surface area contributed by atoms with Crippen LogP contribution >= 0.6 is 0 Å². The van der Waals surface area contributed by atoms with Gasteiger partial charge in [-0.3, -0.25) is 4.79 Å². The van der Waals surface area contributed by atoms with Crippen molar-refractivity contribution >= 4 is 5.91 Å². The van der Waals surface area contributed by atoms with Crippen LogP contribution in [0.2, 0.25) is 0 Å². The number of likely N-dealkylation sites (tertiary alicyclic amines) is 1. The molecule has 2 N–H and O–H groups in total. The fraction of sp³-hybridized carbons (Fsp3) is 0.364. The minimum absolute atomic E-state index is 0.00794. The first-order valence-corrected chi connectivity index (χ1v) is 4.88. The van der Waals surface area contributed by atoms with E-state index in [1.54, 1.807) is 0 Å². The lowest BCUT2D eigenvalue weighted by molar-refractivity contribution is -0.134. The molecule has 1 aromatic carbocycles. The molecule has 0 saturated carbocycles. The lowest BCUT2D eigenvalue weighted by atomic mass is 10.2. The van der Waals surface area contributed by atoms with Crippen LogP contribution in [0.25, 0.3) is 0 Å². The van der Waals surface area contributed by atoms with Crippen LogP contribution in [0.4, 0.5) is 0 Å². The summed E-state index contributed by atoms with van der Waals surface area (Å²) in [5, 5.41) is 18.8. The summed E-state index contributed by atoms with van der Waals surface area (Å²) in [6.07, 6.45) is -2.02. The molecule has 1 aliphatic rings. The summed E-state index contributed by atoms with van der Waals surface area (Å²) in [6.45, 7) is 0.345. The molecule has 1 heterocycles. The van der Waals surface area contributed by atoms with Gasteiger partial charge in [0.15, 0.2) is 6.23 Å². The molecule has 1 aromatic rings. The van der Waals surface area contributed by atoms with Crippen molar-refractivity contribution in [1.82, 2.24) is 4.90 Å². The largest absolute Gasteiger partial charge is 0.388 e. The van der Waals surface area contributed by atoms with Gasteiger partial charge in [-0.15, -0.1) is 0 Å². The Kier molecular flexibility index (Phi) is 2.70. The number of hydrogen-bond donors (Lipinski definition) is 2. The lowest BCUT2D eigenvalue weighted by Crippen LogP contribution is -2.36. The van der Waals surface area contributed by atoms with Crippen molar-refractivity contribution in [2.24, 2.45) is 0 Å². The van der Waals surface area contributed by atoms with E-state index in [0.717, 1.165) is 5.56 Å². The second-order valence-corrected chi connectivity index (χ2v) is 3.69. The molecule has 15 heavy (non-hydrogen) atoms. The summed E-state index contributed by atoms with van der Waals surface area (Å²) in [7, 11) is 0. The molecular formula is C11H13NO3. The van der Waals surface area contributed by atoms with E-state index in [4.69, 9.17) is 0 Å². The van der Waals surface area contributed by atoms with Crippen LogP contribution < -0.4 is 0 Å². The number of amides is 1. The standard InChI is InChI=1S/C11H13NO3/c13-9-6-10(14)12(11(9)15)7-8-4-2-1-3-5-8/h1-5,9,11,13,15H,6-7H2/t9-,11-/m0/s1. The van der Waals surface area contributed by atoms with Crippen molar-refractivity contribution in [1.29, 1.82) is 0 Å². The first kappa shape index (κ1) is 10.1. The van der Waals surface area contributed by atoms with Crippen LogP contribution in [-0.4, -0.2) is 33.4 Å². The van der Waals surface area contributed by atoms with Gasteiger partial charge in [-0.2, -0.15) is 0 Å². The van der Waals surface area contributed by atoms with Crippen molar-refractivity contribution in [2.75, 3.05) is 0 Å². The smallest absolute Gasteiger partial charge is 0.227 e. The average molecular weight is 207 g/mol. The molecule has 0 aliphatic carbocycles. The Bertz CT molecular complexity index is 352. The minimum Gasteiger partial charge on any atom is -0.388 e. The molecule has 0 spiro atoms. The summed E-state index contributed by atoms with van der Waals surface area (Å²) >= 11 is 0. The predicted molar refractivity (Wildman–Crippen MR) is 53.6 cm³/mol. The Hall–Kier alpha value is -1.39. The van der Waals surface area contributed by atoms with Gasteiger partial charge in [-0.1, -0.05) is 30.3 Å². The van der Waals surface area contributed by atoms with E-state index in [2.05, 4.69) is 0 Å². The summed E-state index contributed by atoms with van der Waals surface area (Å²) in [5.41, 5.74) is 0.944. The van der Waals surface area contributed by atoms with Gasteiger partial charge in [0, 0.05) is 6.54 Å². The fourth-order valence-corrected chi connectivity index (χ4v) is 1.72. The van der Waals surface area contributed by atoms with Crippen LogP contribution in [-0.2, 0) is 11.3 Å². The monoisotopic (exact) mass is 207 g/mol. The van der Waals surface area contributed by atoms with Gasteiger partial charge < -0.3 is 15.1 Å². The third-order valence-electron chi connectivity index (χ3n) is 2.56. The summed E-state index contributed by atoms with van der Waals surface area (Å²) in [6, 6.07) is 9.40. The van der Waals surface area contributed by atoms with Crippen LogP contribution in [0.3, 0.4) is 0 Å². The maximum atomic E-state index is 11.4. The normalized spacial score (nSPS) is 26.0. The number of benzene rings is 1. The van der Waals surface area contributed by atoms with Gasteiger partial charge >= 0.3 is 0 Å². The molecule has 80 valence electrons. The van der Waals surface area contributed by atoms with E-state index in [9.17, 15) is 15.0 Å². The summed E-state index contributed by atoms with van der Waals surface area (Å²) in [4.78, 5) is 12.7. The number of rotatable bonds is 2. The van der Waals surface area contributed by atoms with Crippen molar-refractivity contribution in [2.45, 2.75) is 25.3 Å². The first-order chi connectivity index (χ1) is 7.18. The third-order valence-corrected chi connectivity index (χ3v) is 2.56. The number of aliphatic hydroxyl groups excluding tert-OH is 2. The highest BCUT2D eigenvalue weighted by Crippen LogP contribution is 2.19. The van der Waals surface area contributed by atoms with E-state index in [1.165, 1.54) is 4.90 Å². The number of hydrogen-bond acceptors (Lipinski definition) is 3. The highest BCUT2D eigenvalue weighted by atomic mass is 16.4. The van der Waals surface area contributed by atoms with Crippen LogP contribution in [0.5, 0.6) is 0 Å². The van der Waals surface area contributed by atoms with E-state index >= 15 is 0 Å². The molecule has 4 nitrogen and oxygen atoms in total. The van der Waals surface area contributed by atoms with E-state index in [-0.39, 0.29) is 12.3 Å². The highest BCUT2D eigenvalue weighted by Gasteiger charge is 2.36. The maximum Gasteiger partial charge on any atom is 0.227 e. The highest BCUT2D eigenvalue weighted by molar-refractivity contribution is 5.79. The maximum absolute atomic E-state index is 11.4. The van der Waals surface area contributed by atoms with Crippen molar-refractivity contribution in [3.8, 4) is 0 Å². The zero-order chi connectivity index (χ0) is 10.8. The third kappa shape index (κ3) is 2.00. The molecule has 0 bridgehead atoms. The number of nitrogens with zero attached hydrogens (tertiary/aromatic N) is 1. The molecular weight excluding hydrogens is 194 g/mol. The lowest BCUT2D eigenvalue weighted by Gasteiger charge is -2.21. The molecule has 0 radical (unpaired) electrons. The molecule has 4 heteroatoms. The number of aliphatic hydroxyl groups is 2. The van der Waals surface area contributed by atoms with Crippen molar-refractivity contribution in [3.05, 3.63) is 35.9 Å². The molecule has 1 fully saturated rings. The minimum atomic E-state index is -1.07. The Morgan fingerprint density at radius 1 is 1.27 bits per heavy atom. The van der Waals surface area contributed by atoms with E-state index in [1.807, 2.05) is 30.3 Å². The Balaban J connectivity index is 2.09. The van der Waals surface area contributed by atoms with Gasteiger partial charge in [0.1, 0.15) is 6.10 Å². The molecule has 1 amide bonds. The van der Waals surface area contributed by atoms with E-state index < -0.39 is 12.3 Å². The Morgan fingerprint density at radius 2 is 1.93 bits per heavy atom. The predicted octanol–water partition coefficient (Wildman–Crippen LogP) is 0.0982.